The average molecular weight is 759 g/mol. The number of aryl methyl sites for hydroxylation is 1. The second kappa shape index (κ2) is 14.1. The lowest BCUT2D eigenvalue weighted by Gasteiger charge is -2.19. The SMILES string of the molecule is Cc1cc(OCCNC(=O)c2c3ccccc3cc3ccccc23)c(I)c(O[C@@H](C)CNC(=O)c2c3ccccc3cc3ccccc23)c1. The maximum Gasteiger partial charge on any atom is 0.252 e. The van der Waals surface area contributed by atoms with Crippen molar-refractivity contribution >= 4 is 77.5 Å². The van der Waals surface area contributed by atoms with Gasteiger partial charge in [-0.2, -0.15) is 0 Å². The van der Waals surface area contributed by atoms with Crippen LogP contribution in [-0.2, 0) is 0 Å². The monoisotopic (exact) mass is 758 g/mol. The molecule has 0 radical (unpaired) electrons. The number of nitrogens with one attached hydrogen (secondary N) is 2. The summed E-state index contributed by atoms with van der Waals surface area (Å²) in [6.45, 7) is 4.87. The van der Waals surface area contributed by atoms with E-state index in [1.807, 2.05) is 123 Å². The van der Waals surface area contributed by atoms with Gasteiger partial charge in [0.2, 0.25) is 0 Å². The van der Waals surface area contributed by atoms with Crippen LogP contribution in [-0.4, -0.2) is 37.6 Å². The predicted octanol–water partition coefficient (Wildman–Crippen LogP) is 9.22. The summed E-state index contributed by atoms with van der Waals surface area (Å²) < 4.78 is 13.3. The number of halogens is 1. The fourth-order valence-corrected chi connectivity index (χ4v) is 7.00. The number of fused-ring (bicyclic) bond motifs is 4. The summed E-state index contributed by atoms with van der Waals surface area (Å²) in [7, 11) is 0. The minimum absolute atomic E-state index is 0.132. The minimum Gasteiger partial charge on any atom is -0.490 e. The van der Waals surface area contributed by atoms with Crippen LogP contribution in [0.25, 0.3) is 43.1 Å². The van der Waals surface area contributed by atoms with Crippen LogP contribution in [0.15, 0.2) is 121 Å². The van der Waals surface area contributed by atoms with Crippen LogP contribution in [0.5, 0.6) is 11.5 Å². The van der Waals surface area contributed by atoms with Gasteiger partial charge in [-0.1, -0.05) is 97.1 Å². The molecule has 0 unspecified atom stereocenters. The third kappa shape index (κ3) is 6.76. The molecule has 6 nitrogen and oxygen atoms in total. The molecule has 2 amide bonds. The summed E-state index contributed by atoms with van der Waals surface area (Å²) in [5, 5.41) is 14.0. The van der Waals surface area contributed by atoms with Gasteiger partial charge in [0.25, 0.3) is 11.8 Å². The van der Waals surface area contributed by atoms with E-state index in [2.05, 4.69) is 45.4 Å². The normalized spacial score (nSPS) is 11.9. The Morgan fingerprint density at radius 1 is 0.633 bits per heavy atom. The maximum atomic E-state index is 13.6. The molecule has 49 heavy (non-hydrogen) atoms. The zero-order valence-corrected chi connectivity index (χ0v) is 29.4. The Balaban J connectivity index is 0.997. The largest absolute Gasteiger partial charge is 0.490 e. The number of amides is 2. The van der Waals surface area contributed by atoms with Gasteiger partial charge in [-0.05, 0) is 109 Å². The van der Waals surface area contributed by atoms with E-state index in [1.54, 1.807) is 0 Å². The molecule has 244 valence electrons. The van der Waals surface area contributed by atoms with Crippen molar-refractivity contribution in [3.63, 3.8) is 0 Å². The molecule has 7 rings (SSSR count). The molecule has 2 N–H and O–H groups in total. The third-order valence-corrected chi connectivity index (χ3v) is 9.73. The zero-order chi connectivity index (χ0) is 33.9. The number of hydrogen-bond donors (Lipinski definition) is 2. The van der Waals surface area contributed by atoms with E-state index in [4.69, 9.17) is 9.47 Å². The molecule has 0 aliphatic heterocycles. The van der Waals surface area contributed by atoms with Crippen molar-refractivity contribution in [1.82, 2.24) is 10.6 Å². The van der Waals surface area contributed by atoms with E-state index in [-0.39, 0.29) is 24.5 Å². The first-order valence-electron chi connectivity index (χ1n) is 16.3. The van der Waals surface area contributed by atoms with Crippen molar-refractivity contribution in [2.75, 3.05) is 19.7 Å². The molecule has 0 bridgehead atoms. The Labute approximate surface area is 298 Å². The number of rotatable bonds is 10. The average Bonchev–Trinajstić information content (AvgIpc) is 3.11. The molecule has 0 aliphatic rings. The van der Waals surface area contributed by atoms with Crippen LogP contribution < -0.4 is 20.1 Å². The molecule has 0 saturated carbocycles. The molecule has 0 spiro atoms. The van der Waals surface area contributed by atoms with Gasteiger partial charge in [0.05, 0.1) is 27.8 Å². The third-order valence-electron chi connectivity index (χ3n) is 8.67. The van der Waals surface area contributed by atoms with Crippen LogP contribution in [0.4, 0.5) is 0 Å². The van der Waals surface area contributed by atoms with Crippen molar-refractivity contribution in [3.8, 4) is 11.5 Å². The number of benzene rings is 7. The second-order valence-corrected chi connectivity index (χ2v) is 13.3. The Morgan fingerprint density at radius 3 is 1.55 bits per heavy atom. The topological polar surface area (TPSA) is 76.7 Å². The van der Waals surface area contributed by atoms with Crippen LogP contribution in [0.3, 0.4) is 0 Å². The first-order chi connectivity index (χ1) is 23.9. The number of carbonyl (C=O) groups is 2. The summed E-state index contributed by atoms with van der Waals surface area (Å²) in [5.41, 5.74) is 2.32. The van der Waals surface area contributed by atoms with Gasteiger partial charge >= 0.3 is 0 Å². The van der Waals surface area contributed by atoms with Crippen molar-refractivity contribution in [1.29, 1.82) is 0 Å². The number of hydrogen-bond acceptors (Lipinski definition) is 4. The van der Waals surface area contributed by atoms with Gasteiger partial charge in [-0.3, -0.25) is 9.59 Å². The van der Waals surface area contributed by atoms with E-state index in [1.165, 1.54) is 0 Å². The minimum atomic E-state index is -0.303. The maximum absolute atomic E-state index is 13.6. The highest BCUT2D eigenvalue weighted by Gasteiger charge is 2.18. The standard InChI is InChI=1S/C42H35IN2O4/c1-26-21-36(48-20-19-44-41(46)38-32-15-7-3-11-28(32)23-29-12-4-8-16-33(29)38)40(43)37(22-26)49-27(2)25-45-42(47)39-34-17-9-5-13-30(34)24-31-14-6-10-18-35(31)39/h3-18,21-24,27H,19-20,25H2,1-2H3,(H,44,46)(H,45,47)/t27-/m0/s1. The van der Waals surface area contributed by atoms with Crippen LogP contribution in [0.2, 0.25) is 0 Å². The first kappa shape index (κ1) is 32.4. The van der Waals surface area contributed by atoms with E-state index in [0.29, 0.717) is 35.7 Å². The lowest BCUT2D eigenvalue weighted by atomic mass is 9.96. The van der Waals surface area contributed by atoms with Crippen LogP contribution in [0, 0.1) is 10.5 Å². The van der Waals surface area contributed by atoms with Crippen molar-refractivity contribution < 1.29 is 19.1 Å². The lowest BCUT2D eigenvalue weighted by Crippen LogP contribution is -2.34. The van der Waals surface area contributed by atoms with Gasteiger partial charge in [-0.15, -0.1) is 0 Å². The Morgan fingerprint density at radius 2 is 1.06 bits per heavy atom. The molecule has 0 fully saturated rings. The highest BCUT2D eigenvalue weighted by molar-refractivity contribution is 14.1. The van der Waals surface area contributed by atoms with E-state index < -0.39 is 0 Å². The van der Waals surface area contributed by atoms with Gasteiger partial charge in [0.1, 0.15) is 24.2 Å². The van der Waals surface area contributed by atoms with Crippen molar-refractivity contribution in [2.45, 2.75) is 20.0 Å². The lowest BCUT2D eigenvalue weighted by molar-refractivity contribution is 0.0933. The molecule has 1 atom stereocenters. The summed E-state index contributed by atoms with van der Waals surface area (Å²) >= 11 is 2.23. The molecule has 0 saturated heterocycles. The second-order valence-electron chi connectivity index (χ2n) is 12.2. The Bertz CT molecular complexity index is 2260. The number of ether oxygens (including phenoxy) is 2. The van der Waals surface area contributed by atoms with Gasteiger partial charge in [-0.25, -0.2) is 0 Å². The fraction of sp³-hybridized carbons (Fsp3) is 0.143. The van der Waals surface area contributed by atoms with Gasteiger partial charge < -0.3 is 20.1 Å². The summed E-state index contributed by atoms with van der Waals surface area (Å²) in [5.74, 6) is 1.09. The van der Waals surface area contributed by atoms with Gasteiger partial charge in [0, 0.05) is 0 Å². The van der Waals surface area contributed by atoms with E-state index in [0.717, 1.165) is 52.2 Å². The fourth-order valence-electron chi connectivity index (χ4n) is 6.41. The highest BCUT2D eigenvalue weighted by Crippen LogP contribution is 2.33. The highest BCUT2D eigenvalue weighted by atomic mass is 127. The zero-order valence-electron chi connectivity index (χ0n) is 27.3. The molecule has 0 heterocycles. The predicted molar refractivity (Wildman–Crippen MR) is 207 cm³/mol. The summed E-state index contributed by atoms with van der Waals surface area (Å²) in [6.07, 6.45) is -0.303. The first-order valence-corrected chi connectivity index (χ1v) is 17.4. The smallest absolute Gasteiger partial charge is 0.252 e. The molecule has 7 aromatic carbocycles. The molecular formula is C42H35IN2O4. The van der Waals surface area contributed by atoms with Crippen molar-refractivity contribution in [2.24, 2.45) is 0 Å². The van der Waals surface area contributed by atoms with E-state index in [9.17, 15) is 9.59 Å². The van der Waals surface area contributed by atoms with E-state index >= 15 is 0 Å². The quantitative estimate of drug-likeness (QED) is 0.0829. The molecule has 7 heteroatoms. The molecule has 7 aromatic rings. The summed E-state index contributed by atoms with van der Waals surface area (Å²) in [6, 6.07) is 40.0. The Hall–Kier alpha value is -5.15. The van der Waals surface area contributed by atoms with Crippen molar-refractivity contribution in [3.05, 3.63) is 142 Å². The summed E-state index contributed by atoms with van der Waals surface area (Å²) in [4.78, 5) is 27.1. The Kier molecular flexibility index (Phi) is 9.35. The van der Waals surface area contributed by atoms with Crippen LogP contribution >= 0.6 is 22.6 Å². The van der Waals surface area contributed by atoms with Gasteiger partial charge in [0.15, 0.2) is 0 Å². The molecule has 0 aliphatic carbocycles. The number of carbonyl (C=O) groups excluding carboxylic acids is 2. The van der Waals surface area contributed by atoms with Crippen LogP contribution in [0.1, 0.15) is 33.2 Å². The molecule has 0 aromatic heterocycles. The molecular weight excluding hydrogens is 723 g/mol.